The van der Waals surface area contributed by atoms with Crippen LogP contribution in [0.2, 0.25) is 0 Å². The third kappa shape index (κ3) is 5.89. The maximum absolute atomic E-state index is 11.5. The number of ether oxygens (including phenoxy) is 1. The molecule has 18 heavy (non-hydrogen) atoms. The minimum absolute atomic E-state index is 0.0500. The number of hydrogen-bond acceptors (Lipinski definition) is 3. The van der Waals surface area contributed by atoms with Crippen molar-refractivity contribution in [2.45, 2.75) is 65.4 Å². The summed E-state index contributed by atoms with van der Waals surface area (Å²) in [4.78, 5) is 11.5. The molecule has 1 aromatic rings. The van der Waals surface area contributed by atoms with Crippen LogP contribution in [0.15, 0.2) is 21.3 Å². The Morgan fingerprint density at radius 1 is 1.17 bits per heavy atom. The zero-order valence-corrected chi connectivity index (χ0v) is 11.9. The van der Waals surface area contributed by atoms with Crippen LogP contribution in [0.1, 0.15) is 59.1 Å². The second-order valence-electron chi connectivity index (χ2n) is 5.60. The zero-order chi connectivity index (χ0) is 13.6. The van der Waals surface area contributed by atoms with Crippen LogP contribution >= 0.6 is 0 Å². The van der Waals surface area contributed by atoms with Crippen molar-refractivity contribution < 1.29 is 9.15 Å². The summed E-state index contributed by atoms with van der Waals surface area (Å²) in [5.41, 5.74) is -0.400. The molecule has 0 amide bonds. The average molecular weight is 252 g/mol. The van der Waals surface area contributed by atoms with Gasteiger partial charge >= 0.3 is 0 Å². The molecular formula is C15H24O3. The standard InChI is InChI=1S/C15H24O3/c1-5-6-7-8-9-13-10-12(16)11-14(17-13)18-15(2,3)4/h10-11H,5-9H2,1-4H3. The van der Waals surface area contributed by atoms with Gasteiger partial charge in [-0.1, -0.05) is 26.2 Å². The van der Waals surface area contributed by atoms with Crippen molar-refractivity contribution >= 4 is 0 Å². The van der Waals surface area contributed by atoms with Crippen LogP contribution < -0.4 is 10.2 Å². The van der Waals surface area contributed by atoms with Gasteiger partial charge in [0, 0.05) is 12.5 Å². The van der Waals surface area contributed by atoms with Crippen LogP contribution in [-0.2, 0) is 6.42 Å². The third-order valence-electron chi connectivity index (χ3n) is 2.48. The van der Waals surface area contributed by atoms with Crippen LogP contribution in [0.4, 0.5) is 0 Å². The average Bonchev–Trinajstić information content (AvgIpc) is 2.21. The largest absolute Gasteiger partial charge is 0.459 e. The first kappa shape index (κ1) is 14.8. The maximum atomic E-state index is 11.5. The van der Waals surface area contributed by atoms with E-state index in [1.165, 1.54) is 25.3 Å². The van der Waals surface area contributed by atoms with E-state index in [1.54, 1.807) is 6.07 Å². The predicted octanol–water partition coefficient (Wildman–Crippen LogP) is 3.94. The first-order chi connectivity index (χ1) is 8.40. The highest BCUT2D eigenvalue weighted by atomic mass is 16.6. The summed E-state index contributed by atoms with van der Waals surface area (Å²) in [6, 6.07) is 2.96. The summed E-state index contributed by atoms with van der Waals surface area (Å²) in [7, 11) is 0. The molecule has 0 radical (unpaired) electrons. The molecule has 1 rings (SSSR count). The van der Waals surface area contributed by atoms with E-state index in [-0.39, 0.29) is 11.0 Å². The highest BCUT2D eigenvalue weighted by molar-refractivity contribution is 5.11. The topological polar surface area (TPSA) is 39.4 Å². The molecule has 0 unspecified atom stereocenters. The van der Waals surface area contributed by atoms with Gasteiger partial charge in [0.2, 0.25) is 0 Å². The number of rotatable bonds is 6. The first-order valence-corrected chi connectivity index (χ1v) is 6.74. The van der Waals surface area contributed by atoms with Gasteiger partial charge in [-0.3, -0.25) is 4.79 Å². The molecule has 3 heteroatoms. The van der Waals surface area contributed by atoms with Crippen molar-refractivity contribution in [3.8, 4) is 5.95 Å². The lowest BCUT2D eigenvalue weighted by Gasteiger charge is -2.19. The van der Waals surface area contributed by atoms with Gasteiger partial charge < -0.3 is 9.15 Å². The maximum Gasteiger partial charge on any atom is 0.288 e. The number of hydrogen-bond donors (Lipinski definition) is 0. The van der Waals surface area contributed by atoms with E-state index in [0.29, 0.717) is 5.95 Å². The van der Waals surface area contributed by atoms with Crippen LogP contribution in [0.25, 0.3) is 0 Å². The van der Waals surface area contributed by atoms with Gasteiger partial charge in [-0.25, -0.2) is 0 Å². The number of unbranched alkanes of at least 4 members (excludes halogenated alkanes) is 3. The monoisotopic (exact) mass is 252 g/mol. The molecule has 0 aliphatic heterocycles. The quantitative estimate of drug-likeness (QED) is 0.720. The second kappa shape index (κ2) is 6.62. The van der Waals surface area contributed by atoms with E-state index in [4.69, 9.17) is 9.15 Å². The van der Waals surface area contributed by atoms with Gasteiger partial charge in [0.25, 0.3) is 5.95 Å². The molecule has 0 saturated carbocycles. The fourth-order valence-electron chi connectivity index (χ4n) is 1.71. The van der Waals surface area contributed by atoms with E-state index < -0.39 is 0 Å². The van der Waals surface area contributed by atoms with Gasteiger partial charge in [0.1, 0.15) is 11.4 Å². The summed E-state index contributed by atoms with van der Waals surface area (Å²) >= 11 is 0. The lowest BCUT2D eigenvalue weighted by molar-refractivity contribution is 0.0898. The molecule has 3 nitrogen and oxygen atoms in total. The van der Waals surface area contributed by atoms with Crippen molar-refractivity contribution in [3.63, 3.8) is 0 Å². The Morgan fingerprint density at radius 3 is 2.50 bits per heavy atom. The highest BCUT2D eigenvalue weighted by Crippen LogP contribution is 2.18. The summed E-state index contributed by atoms with van der Waals surface area (Å²) in [6.07, 6.45) is 5.45. The van der Waals surface area contributed by atoms with Crippen LogP contribution in [-0.4, -0.2) is 5.60 Å². The molecule has 0 atom stereocenters. The summed E-state index contributed by atoms with van der Waals surface area (Å²) in [6.45, 7) is 7.97. The molecule has 102 valence electrons. The molecular weight excluding hydrogens is 228 g/mol. The molecule has 0 saturated heterocycles. The summed E-state index contributed by atoms with van der Waals surface area (Å²) in [5.74, 6) is 1.04. The molecule has 1 heterocycles. The minimum atomic E-state index is -0.350. The van der Waals surface area contributed by atoms with Gasteiger partial charge in [0.05, 0.1) is 6.07 Å². The van der Waals surface area contributed by atoms with Crippen LogP contribution in [0, 0.1) is 0 Å². The van der Waals surface area contributed by atoms with Crippen molar-refractivity contribution in [3.05, 3.63) is 28.1 Å². The van der Waals surface area contributed by atoms with Gasteiger partial charge in [0.15, 0.2) is 5.43 Å². The third-order valence-corrected chi connectivity index (χ3v) is 2.48. The smallest absolute Gasteiger partial charge is 0.288 e. The zero-order valence-electron chi connectivity index (χ0n) is 11.9. The molecule has 0 aromatic carbocycles. The molecule has 1 aromatic heterocycles. The Morgan fingerprint density at radius 2 is 1.89 bits per heavy atom. The molecule has 0 bridgehead atoms. The van der Waals surface area contributed by atoms with Crippen LogP contribution in [0.5, 0.6) is 5.95 Å². The van der Waals surface area contributed by atoms with E-state index in [9.17, 15) is 4.79 Å². The normalized spacial score (nSPS) is 11.6. The molecule has 0 fully saturated rings. The fraction of sp³-hybridized carbons (Fsp3) is 0.667. The number of aryl methyl sites for hydroxylation is 1. The Labute approximate surface area is 109 Å². The van der Waals surface area contributed by atoms with Gasteiger partial charge in [-0.2, -0.15) is 0 Å². The van der Waals surface area contributed by atoms with Crippen LogP contribution in [0.3, 0.4) is 0 Å². The molecule has 0 spiro atoms. The van der Waals surface area contributed by atoms with Crippen molar-refractivity contribution in [1.29, 1.82) is 0 Å². The molecule has 0 aliphatic carbocycles. The van der Waals surface area contributed by atoms with Crippen molar-refractivity contribution in [1.82, 2.24) is 0 Å². The van der Waals surface area contributed by atoms with Gasteiger partial charge in [-0.15, -0.1) is 0 Å². The molecule has 0 aliphatic rings. The summed E-state index contributed by atoms with van der Waals surface area (Å²) < 4.78 is 11.2. The highest BCUT2D eigenvalue weighted by Gasteiger charge is 2.14. The second-order valence-corrected chi connectivity index (χ2v) is 5.60. The van der Waals surface area contributed by atoms with Crippen molar-refractivity contribution in [2.24, 2.45) is 0 Å². The van der Waals surface area contributed by atoms with E-state index in [2.05, 4.69) is 6.92 Å². The SMILES string of the molecule is CCCCCCc1cc(=O)cc(OC(C)(C)C)o1. The minimum Gasteiger partial charge on any atom is -0.459 e. The fourth-order valence-corrected chi connectivity index (χ4v) is 1.71. The predicted molar refractivity (Wildman–Crippen MR) is 73.2 cm³/mol. The Balaban J connectivity index is 2.66. The van der Waals surface area contributed by atoms with Crippen molar-refractivity contribution in [2.75, 3.05) is 0 Å². The van der Waals surface area contributed by atoms with E-state index in [0.717, 1.165) is 18.6 Å². The lowest BCUT2D eigenvalue weighted by atomic mass is 10.1. The van der Waals surface area contributed by atoms with Gasteiger partial charge in [-0.05, 0) is 27.2 Å². The Kier molecular flexibility index (Phi) is 5.45. The van der Waals surface area contributed by atoms with E-state index >= 15 is 0 Å². The summed E-state index contributed by atoms with van der Waals surface area (Å²) in [5, 5.41) is 0. The molecule has 0 N–H and O–H groups in total. The Hall–Kier alpha value is -1.25. The lowest BCUT2D eigenvalue weighted by Crippen LogP contribution is -2.23. The Bertz CT molecular complexity index is 412. The first-order valence-electron chi connectivity index (χ1n) is 6.74. The van der Waals surface area contributed by atoms with E-state index in [1.807, 2.05) is 20.8 Å².